The number of nitrogens with two attached hydrogens (primary N) is 1. The molecule has 0 saturated heterocycles. The van der Waals surface area contributed by atoms with Crippen LogP contribution in [0.2, 0.25) is 0 Å². The molecule has 0 amide bonds. The molecule has 0 saturated carbocycles. The summed E-state index contributed by atoms with van der Waals surface area (Å²) >= 11 is 0. The number of nitrogens with one attached hydrogen (secondary N) is 2. The second-order valence-electron chi connectivity index (χ2n) is 8.40. The number of aryl methyl sites for hydroxylation is 1. The summed E-state index contributed by atoms with van der Waals surface area (Å²) in [6, 6.07) is 6.36. The Morgan fingerprint density at radius 1 is 1.11 bits per heavy atom. The van der Waals surface area contributed by atoms with Crippen molar-refractivity contribution in [2.45, 2.75) is 65.5 Å². The molecule has 0 atom stereocenters. The number of pyridine rings is 1. The monoisotopic (exact) mass is 383 g/mol. The highest BCUT2D eigenvalue weighted by Crippen LogP contribution is 2.29. The molecule has 28 heavy (non-hydrogen) atoms. The Kier molecular flexibility index (Phi) is 6.52. The summed E-state index contributed by atoms with van der Waals surface area (Å²) in [7, 11) is 0. The van der Waals surface area contributed by atoms with Crippen LogP contribution in [0.5, 0.6) is 0 Å². The van der Waals surface area contributed by atoms with Crippen molar-refractivity contribution in [2.75, 3.05) is 18.8 Å². The number of fused-ring (bicyclic) bond motifs is 3. The van der Waals surface area contributed by atoms with Gasteiger partial charge in [-0.2, -0.15) is 0 Å². The molecule has 3 aromatic rings. The van der Waals surface area contributed by atoms with Crippen LogP contribution in [0.1, 0.15) is 58.4 Å². The van der Waals surface area contributed by atoms with Crippen LogP contribution in [0, 0.1) is 0 Å². The van der Waals surface area contributed by atoms with Gasteiger partial charge in [-0.15, -0.1) is 0 Å². The fourth-order valence-corrected chi connectivity index (χ4v) is 3.32. The van der Waals surface area contributed by atoms with Crippen molar-refractivity contribution in [1.29, 1.82) is 0 Å². The van der Waals surface area contributed by atoms with E-state index in [1.165, 1.54) is 24.8 Å². The smallest absolute Gasteiger partial charge is 0.209 e. The molecule has 6 nitrogen and oxygen atoms in total. The molecular weight excluding hydrogens is 350 g/mol. The fraction of sp³-hybridized carbons (Fsp3) is 0.545. The minimum absolute atomic E-state index is 0.196. The zero-order valence-electron chi connectivity index (χ0n) is 17.6. The van der Waals surface area contributed by atoms with Crippen molar-refractivity contribution < 1.29 is 4.42 Å². The second-order valence-corrected chi connectivity index (χ2v) is 8.40. The molecule has 0 radical (unpaired) electrons. The summed E-state index contributed by atoms with van der Waals surface area (Å²) in [4.78, 5) is 9.03. The minimum Gasteiger partial charge on any atom is -0.438 e. The number of benzene rings is 1. The first-order valence-electron chi connectivity index (χ1n) is 10.3. The molecule has 4 N–H and O–H groups in total. The minimum atomic E-state index is 0.196. The molecule has 1 aromatic carbocycles. The highest BCUT2D eigenvalue weighted by Gasteiger charge is 2.14. The predicted octanol–water partition coefficient (Wildman–Crippen LogP) is 4.17. The SMILES string of the molecule is CCNCc1nc2c(N)nc3ccc(CCCCCNC(C)(C)C)cc3c2o1. The van der Waals surface area contributed by atoms with Crippen molar-refractivity contribution in [1.82, 2.24) is 20.6 Å². The third-order valence-electron chi connectivity index (χ3n) is 4.78. The molecule has 0 unspecified atom stereocenters. The molecule has 2 aromatic heterocycles. The van der Waals surface area contributed by atoms with Crippen molar-refractivity contribution >= 4 is 27.8 Å². The zero-order valence-corrected chi connectivity index (χ0v) is 17.6. The molecule has 0 spiro atoms. The summed E-state index contributed by atoms with van der Waals surface area (Å²) in [5.41, 5.74) is 9.85. The maximum absolute atomic E-state index is 6.10. The lowest BCUT2D eigenvalue weighted by atomic mass is 10.0. The topological polar surface area (TPSA) is 89.0 Å². The number of hydrogen-bond donors (Lipinski definition) is 3. The van der Waals surface area contributed by atoms with Gasteiger partial charge in [0.2, 0.25) is 5.89 Å². The van der Waals surface area contributed by atoms with E-state index < -0.39 is 0 Å². The number of nitrogens with zero attached hydrogens (tertiary/aromatic N) is 2. The number of unbranched alkanes of at least 4 members (excludes halogenated alkanes) is 2. The standard InChI is InChI=1S/C22H33N5O/c1-5-24-14-18-27-19-20(28-18)16-13-15(10-11-17(16)26-21(19)23)9-7-6-8-12-25-22(2,3)4/h10-11,13,24-25H,5-9,12,14H2,1-4H3,(H2,23,26). The third kappa shape index (κ3) is 5.20. The second kappa shape index (κ2) is 8.88. The Hall–Kier alpha value is -2.18. The number of aromatic nitrogens is 2. The van der Waals surface area contributed by atoms with Crippen LogP contribution < -0.4 is 16.4 Å². The first-order valence-corrected chi connectivity index (χ1v) is 10.3. The Balaban J connectivity index is 1.70. The molecule has 152 valence electrons. The van der Waals surface area contributed by atoms with Gasteiger partial charge in [-0.05, 0) is 70.8 Å². The van der Waals surface area contributed by atoms with Crippen molar-refractivity contribution in [3.63, 3.8) is 0 Å². The highest BCUT2D eigenvalue weighted by molar-refractivity contribution is 6.05. The summed E-state index contributed by atoms with van der Waals surface area (Å²) in [5, 5.41) is 7.77. The molecule has 3 rings (SSSR count). The summed E-state index contributed by atoms with van der Waals surface area (Å²) in [6.07, 6.45) is 4.63. The third-order valence-corrected chi connectivity index (χ3v) is 4.78. The number of hydrogen-bond acceptors (Lipinski definition) is 6. The van der Waals surface area contributed by atoms with Gasteiger partial charge < -0.3 is 20.8 Å². The largest absolute Gasteiger partial charge is 0.438 e. The van der Waals surface area contributed by atoms with Gasteiger partial charge in [0.1, 0.15) is 0 Å². The van der Waals surface area contributed by atoms with Gasteiger partial charge in [0.25, 0.3) is 0 Å². The van der Waals surface area contributed by atoms with Gasteiger partial charge in [0.15, 0.2) is 16.9 Å². The van der Waals surface area contributed by atoms with Crippen molar-refractivity contribution in [2.24, 2.45) is 0 Å². The quantitative estimate of drug-likeness (QED) is 0.481. The van der Waals surface area contributed by atoms with Gasteiger partial charge in [-0.1, -0.05) is 19.4 Å². The van der Waals surface area contributed by atoms with Gasteiger partial charge >= 0.3 is 0 Å². The van der Waals surface area contributed by atoms with E-state index in [0.717, 1.165) is 36.0 Å². The molecular formula is C22H33N5O. The molecule has 6 heteroatoms. The molecule has 0 aliphatic heterocycles. The van der Waals surface area contributed by atoms with E-state index in [2.05, 4.69) is 60.4 Å². The van der Waals surface area contributed by atoms with Gasteiger partial charge in [-0.3, -0.25) is 0 Å². The average Bonchev–Trinajstić information content (AvgIpc) is 3.07. The van der Waals surface area contributed by atoms with Gasteiger partial charge in [-0.25, -0.2) is 9.97 Å². The van der Waals surface area contributed by atoms with Crippen LogP contribution in [0.15, 0.2) is 22.6 Å². The number of anilines is 1. The maximum atomic E-state index is 6.10. The lowest BCUT2D eigenvalue weighted by Gasteiger charge is -2.20. The van der Waals surface area contributed by atoms with Crippen LogP contribution in [0.4, 0.5) is 5.82 Å². The van der Waals surface area contributed by atoms with E-state index >= 15 is 0 Å². The van der Waals surface area contributed by atoms with Crippen LogP contribution in [0.3, 0.4) is 0 Å². The molecule has 0 fully saturated rings. The number of nitrogen functional groups attached to an aromatic ring is 1. The number of oxazole rings is 1. The predicted molar refractivity (Wildman–Crippen MR) is 116 cm³/mol. The average molecular weight is 384 g/mol. The van der Waals surface area contributed by atoms with E-state index in [-0.39, 0.29) is 5.54 Å². The van der Waals surface area contributed by atoms with Gasteiger partial charge in [0, 0.05) is 10.9 Å². The molecule has 0 aliphatic carbocycles. The first-order chi connectivity index (χ1) is 13.4. The summed E-state index contributed by atoms with van der Waals surface area (Å²) in [5.74, 6) is 1.07. The summed E-state index contributed by atoms with van der Waals surface area (Å²) in [6.45, 7) is 11.2. The normalized spacial score (nSPS) is 12.3. The lowest BCUT2D eigenvalue weighted by molar-refractivity contribution is 0.417. The molecule has 0 bridgehead atoms. The van der Waals surface area contributed by atoms with Gasteiger partial charge in [0.05, 0.1) is 12.1 Å². The highest BCUT2D eigenvalue weighted by atomic mass is 16.3. The Bertz CT molecular complexity index is 926. The zero-order chi connectivity index (χ0) is 20.1. The Morgan fingerprint density at radius 2 is 1.93 bits per heavy atom. The number of rotatable bonds is 9. The van der Waals surface area contributed by atoms with E-state index in [1.807, 2.05) is 6.07 Å². The Morgan fingerprint density at radius 3 is 2.68 bits per heavy atom. The first kappa shape index (κ1) is 20.6. The van der Waals surface area contributed by atoms with Crippen molar-refractivity contribution in [3.8, 4) is 0 Å². The molecule has 2 heterocycles. The van der Waals surface area contributed by atoms with Crippen LogP contribution >= 0.6 is 0 Å². The van der Waals surface area contributed by atoms with Crippen LogP contribution in [-0.2, 0) is 13.0 Å². The van der Waals surface area contributed by atoms with E-state index in [1.54, 1.807) is 0 Å². The maximum Gasteiger partial charge on any atom is 0.209 e. The van der Waals surface area contributed by atoms with Crippen LogP contribution in [-0.4, -0.2) is 28.6 Å². The Labute approximate surface area is 167 Å². The van der Waals surface area contributed by atoms with E-state index in [0.29, 0.717) is 23.8 Å². The lowest BCUT2D eigenvalue weighted by Crippen LogP contribution is -2.36. The van der Waals surface area contributed by atoms with Crippen LogP contribution in [0.25, 0.3) is 22.0 Å². The fourth-order valence-electron chi connectivity index (χ4n) is 3.32. The van der Waals surface area contributed by atoms with Crippen molar-refractivity contribution in [3.05, 3.63) is 29.7 Å². The molecule has 0 aliphatic rings. The van der Waals surface area contributed by atoms with E-state index in [4.69, 9.17) is 10.2 Å². The summed E-state index contributed by atoms with van der Waals surface area (Å²) < 4.78 is 6.01. The van der Waals surface area contributed by atoms with E-state index in [9.17, 15) is 0 Å².